The van der Waals surface area contributed by atoms with Crippen molar-refractivity contribution in [1.29, 1.82) is 5.41 Å². The van der Waals surface area contributed by atoms with Gasteiger partial charge in [-0.05, 0) is 6.92 Å². The summed E-state index contributed by atoms with van der Waals surface area (Å²) in [7, 11) is 0. The second-order valence-corrected chi connectivity index (χ2v) is 1.61. The first kappa shape index (κ1) is 11.8. The van der Waals surface area contributed by atoms with E-state index < -0.39 is 0 Å². The summed E-state index contributed by atoms with van der Waals surface area (Å²) in [6.07, 6.45) is 0. The molecule has 0 radical (unpaired) electrons. The van der Waals surface area contributed by atoms with E-state index in [9.17, 15) is 0 Å². The van der Waals surface area contributed by atoms with Crippen LogP contribution < -0.4 is 17.7 Å². The molecule has 0 bridgehead atoms. The van der Waals surface area contributed by atoms with Crippen molar-refractivity contribution in [3.63, 3.8) is 0 Å². The van der Waals surface area contributed by atoms with E-state index in [0.717, 1.165) is 0 Å². The summed E-state index contributed by atoms with van der Waals surface area (Å²) in [6.45, 7) is 2.93. The largest absolute Gasteiger partial charge is 1.00 e. The van der Waals surface area contributed by atoms with Crippen molar-refractivity contribution in [2.75, 3.05) is 13.3 Å². The minimum absolute atomic E-state index is 0. The molecule has 3 nitrogen and oxygen atoms in total. The van der Waals surface area contributed by atoms with Gasteiger partial charge in [0.1, 0.15) is 6.73 Å². The standard InChI is InChI=1S/C4H10N2OS.ClH/c1-2-7-3-6-4(5)8;/h2-3H2,1H3,(H3,5,6,8);1H. The number of nitrogens with one attached hydrogen (secondary N) is 2. The molecular weight excluding hydrogens is 160 g/mol. The van der Waals surface area contributed by atoms with E-state index >= 15 is 0 Å². The topological polar surface area (TPSA) is 45.1 Å². The molecule has 0 aliphatic carbocycles. The third-order valence-corrected chi connectivity index (χ3v) is 0.704. The molecule has 0 saturated heterocycles. The highest BCUT2D eigenvalue weighted by atomic mass is 35.5. The van der Waals surface area contributed by atoms with Crippen LogP contribution in [-0.2, 0) is 4.74 Å². The zero-order valence-corrected chi connectivity index (χ0v) is 6.80. The minimum atomic E-state index is 0. The lowest BCUT2D eigenvalue weighted by Gasteiger charge is -2.00. The van der Waals surface area contributed by atoms with E-state index in [1.165, 1.54) is 0 Å². The molecule has 0 aromatic rings. The quantitative estimate of drug-likeness (QED) is 0.145. The van der Waals surface area contributed by atoms with Crippen LogP contribution in [0.4, 0.5) is 0 Å². The van der Waals surface area contributed by atoms with Crippen LogP contribution >= 0.6 is 12.6 Å². The average molecular weight is 171 g/mol. The van der Waals surface area contributed by atoms with Crippen LogP contribution in [0.5, 0.6) is 0 Å². The summed E-state index contributed by atoms with van der Waals surface area (Å²) >= 11 is 3.66. The van der Waals surface area contributed by atoms with Crippen molar-refractivity contribution in [2.24, 2.45) is 0 Å². The van der Waals surface area contributed by atoms with Crippen LogP contribution in [0.15, 0.2) is 0 Å². The molecule has 2 N–H and O–H groups in total. The first-order chi connectivity index (χ1) is 3.77. The minimum Gasteiger partial charge on any atom is -1.00 e. The highest BCUT2D eigenvalue weighted by molar-refractivity contribution is 7.96. The maximum atomic E-state index is 6.75. The lowest BCUT2D eigenvalue weighted by atomic mass is 10.9. The number of hydrogen-bond acceptors (Lipinski definition) is 2. The molecule has 0 heterocycles. The Kier molecular flexibility index (Phi) is 10.6. The van der Waals surface area contributed by atoms with E-state index in [4.69, 9.17) is 10.1 Å². The molecule has 5 heteroatoms. The number of hydrogen-bond donors (Lipinski definition) is 3. The molecule has 0 aliphatic rings. The van der Waals surface area contributed by atoms with Gasteiger partial charge in [-0.3, -0.25) is 5.41 Å². The summed E-state index contributed by atoms with van der Waals surface area (Å²) in [4.78, 5) is 0. The number of rotatable bonds is 3. The molecular formula is C4H11ClN2OS. The molecule has 0 unspecified atom stereocenters. The third-order valence-electron chi connectivity index (χ3n) is 0.546. The second-order valence-electron chi connectivity index (χ2n) is 1.16. The Morgan fingerprint density at radius 2 is 2.44 bits per heavy atom. The van der Waals surface area contributed by atoms with Crippen LogP contribution in [0.3, 0.4) is 0 Å². The van der Waals surface area contributed by atoms with E-state index in [1.807, 2.05) is 6.92 Å². The Bertz CT molecular complexity index is 85.7. The van der Waals surface area contributed by atoms with Crippen LogP contribution in [0, 0.1) is 5.41 Å². The van der Waals surface area contributed by atoms with Gasteiger partial charge in [0.2, 0.25) is 0 Å². The second kappa shape index (κ2) is 8.07. The van der Waals surface area contributed by atoms with Gasteiger partial charge in [0.15, 0.2) is 5.17 Å². The van der Waals surface area contributed by atoms with Crippen molar-refractivity contribution in [3.05, 3.63) is 0 Å². The molecule has 0 atom stereocenters. The lowest BCUT2D eigenvalue weighted by Crippen LogP contribution is -3.00. The molecule has 9 heavy (non-hydrogen) atoms. The molecule has 0 aromatic carbocycles. The Labute approximate surface area is 68.0 Å². The normalized spacial score (nSPS) is 7.78. The Hall–Kier alpha value is 0.0700. The van der Waals surface area contributed by atoms with E-state index in [-0.39, 0.29) is 19.0 Å². The van der Waals surface area contributed by atoms with E-state index in [0.29, 0.717) is 13.3 Å². The van der Waals surface area contributed by atoms with E-state index in [2.05, 4.69) is 17.9 Å². The Morgan fingerprint density at radius 1 is 1.89 bits per heavy atom. The third kappa shape index (κ3) is 11.6. The fraction of sp³-hybridized carbons (Fsp3) is 0.750. The van der Waals surface area contributed by atoms with Gasteiger partial charge in [-0.2, -0.15) is 0 Å². The van der Waals surface area contributed by atoms with E-state index in [1.54, 1.807) is 0 Å². The molecule has 0 amide bonds. The summed E-state index contributed by atoms with van der Waals surface area (Å²) in [5.74, 6) is 0. The van der Waals surface area contributed by atoms with Gasteiger partial charge in [0.25, 0.3) is 0 Å². The van der Waals surface area contributed by atoms with Gasteiger partial charge >= 0.3 is 1.43 Å². The van der Waals surface area contributed by atoms with Crippen molar-refractivity contribution >= 4 is 17.8 Å². The molecule has 0 spiro atoms. The van der Waals surface area contributed by atoms with Gasteiger partial charge in [-0.1, -0.05) is 0 Å². The fourth-order valence-corrected chi connectivity index (χ4v) is 0.286. The number of thiol groups is 1. The predicted octanol–water partition coefficient (Wildman–Crippen LogP) is -2.45. The number of amidine groups is 1. The van der Waals surface area contributed by atoms with Crippen molar-refractivity contribution in [1.82, 2.24) is 5.32 Å². The molecule has 0 aromatic heterocycles. The van der Waals surface area contributed by atoms with Crippen molar-refractivity contribution in [3.8, 4) is 0 Å². The Morgan fingerprint density at radius 3 is 2.78 bits per heavy atom. The maximum absolute atomic E-state index is 6.75. The summed E-state index contributed by atoms with van der Waals surface area (Å²) in [6, 6.07) is 0. The van der Waals surface area contributed by atoms with Gasteiger partial charge in [0.05, 0.1) is 0 Å². The van der Waals surface area contributed by atoms with Crippen LogP contribution in [0.1, 0.15) is 8.35 Å². The van der Waals surface area contributed by atoms with Gasteiger partial charge in [-0.25, -0.2) is 0 Å². The smallest absolute Gasteiger partial charge is 1.00 e. The summed E-state index contributed by atoms with van der Waals surface area (Å²) in [5.41, 5.74) is 0. The van der Waals surface area contributed by atoms with Crippen molar-refractivity contribution < 1.29 is 18.6 Å². The SMILES string of the molecule is CCOCNC(=N)S.[Cl-].[H+]. The summed E-state index contributed by atoms with van der Waals surface area (Å²) in [5, 5.41) is 9.45. The van der Waals surface area contributed by atoms with Crippen molar-refractivity contribution in [2.45, 2.75) is 6.92 Å². The first-order valence-corrected chi connectivity index (χ1v) is 2.81. The molecule has 56 valence electrons. The van der Waals surface area contributed by atoms with Gasteiger partial charge in [0, 0.05) is 6.61 Å². The Balaban J connectivity index is -0.000000245. The molecule has 0 fully saturated rings. The number of halogens is 1. The monoisotopic (exact) mass is 170 g/mol. The predicted molar refractivity (Wildman–Crippen MR) is 37.5 cm³/mol. The average Bonchev–Trinajstić information content (AvgIpc) is 1.66. The van der Waals surface area contributed by atoms with Gasteiger partial charge in [-0.15, -0.1) is 12.6 Å². The molecule has 0 aliphatic heterocycles. The van der Waals surface area contributed by atoms with Gasteiger partial charge < -0.3 is 22.5 Å². The zero-order chi connectivity index (χ0) is 6.41. The van der Waals surface area contributed by atoms with Crippen LogP contribution in [0.2, 0.25) is 0 Å². The highest BCUT2D eigenvalue weighted by Gasteiger charge is 1.82. The highest BCUT2D eigenvalue weighted by Crippen LogP contribution is 1.72. The molecule has 0 rings (SSSR count). The van der Waals surface area contributed by atoms with Crippen LogP contribution in [0.25, 0.3) is 0 Å². The molecule has 0 saturated carbocycles. The summed E-state index contributed by atoms with van der Waals surface area (Å²) < 4.78 is 4.84. The maximum Gasteiger partial charge on any atom is 1.00 e. The fourth-order valence-electron chi connectivity index (χ4n) is 0.221. The first-order valence-electron chi connectivity index (χ1n) is 2.36. The lowest BCUT2D eigenvalue weighted by molar-refractivity contribution is -0.00000302. The van der Waals surface area contributed by atoms with Crippen LogP contribution in [-0.4, -0.2) is 18.5 Å². The number of ether oxygens (including phenoxy) is 1. The zero-order valence-electron chi connectivity index (χ0n) is 6.15.